The molecule has 2 atom stereocenters. The summed E-state index contributed by atoms with van der Waals surface area (Å²) in [6.45, 7) is 7.87. The van der Waals surface area contributed by atoms with Crippen molar-refractivity contribution in [2.75, 3.05) is 0 Å². The second-order valence-electron chi connectivity index (χ2n) is 5.87. The molecule has 0 bridgehead atoms. The van der Waals surface area contributed by atoms with Crippen molar-refractivity contribution in [3.63, 3.8) is 0 Å². The molecule has 0 fully saturated rings. The summed E-state index contributed by atoms with van der Waals surface area (Å²) < 4.78 is 5.25. The van der Waals surface area contributed by atoms with Crippen LogP contribution < -0.4 is 11.1 Å². The van der Waals surface area contributed by atoms with Gasteiger partial charge in [-0.25, -0.2) is 0 Å². The molecule has 0 aliphatic rings. The molecule has 0 saturated carbocycles. The molecule has 1 aromatic rings. The van der Waals surface area contributed by atoms with Crippen molar-refractivity contribution in [2.24, 2.45) is 11.1 Å². The van der Waals surface area contributed by atoms with Crippen molar-refractivity contribution in [3.05, 3.63) is 24.2 Å². The summed E-state index contributed by atoms with van der Waals surface area (Å²) in [6.07, 6.45) is 3.32. The van der Waals surface area contributed by atoms with Gasteiger partial charge in [0.25, 0.3) is 0 Å². The van der Waals surface area contributed by atoms with Crippen LogP contribution in [0.25, 0.3) is 0 Å². The fourth-order valence-electron chi connectivity index (χ4n) is 1.61. The van der Waals surface area contributed by atoms with E-state index in [1.165, 1.54) is 0 Å². The van der Waals surface area contributed by atoms with Gasteiger partial charge in [0, 0.05) is 12.5 Å². The van der Waals surface area contributed by atoms with Gasteiger partial charge in [-0.2, -0.15) is 0 Å². The molecule has 0 spiro atoms. The number of nitrogens with one attached hydrogen (secondary N) is 1. The third-order valence-electron chi connectivity index (χ3n) is 3.01. The molecular formula is C14H24N2O2. The van der Waals surface area contributed by atoms with Gasteiger partial charge >= 0.3 is 0 Å². The number of carbonyl (C=O) groups excluding carboxylic acids is 1. The van der Waals surface area contributed by atoms with E-state index in [-0.39, 0.29) is 17.4 Å². The highest BCUT2D eigenvalue weighted by Crippen LogP contribution is 2.17. The normalized spacial score (nSPS) is 15.2. The predicted octanol–water partition coefficient (Wildman–Crippen LogP) is 2.09. The van der Waals surface area contributed by atoms with Crippen LogP contribution in [0, 0.1) is 5.41 Å². The van der Waals surface area contributed by atoms with Gasteiger partial charge in [-0.3, -0.25) is 4.79 Å². The molecule has 0 saturated heterocycles. The lowest BCUT2D eigenvalue weighted by molar-refractivity contribution is -0.125. The average Bonchev–Trinajstić information content (AvgIpc) is 2.76. The molecule has 2 unspecified atom stereocenters. The molecule has 4 nitrogen and oxygen atoms in total. The van der Waals surface area contributed by atoms with Crippen molar-refractivity contribution >= 4 is 5.91 Å². The molecule has 0 aliphatic carbocycles. The lowest BCUT2D eigenvalue weighted by Crippen LogP contribution is -2.50. The van der Waals surface area contributed by atoms with Gasteiger partial charge in [-0.1, -0.05) is 20.8 Å². The lowest BCUT2D eigenvalue weighted by Gasteiger charge is -2.27. The van der Waals surface area contributed by atoms with Gasteiger partial charge in [0.1, 0.15) is 5.76 Å². The number of aryl methyl sites for hydroxylation is 1. The van der Waals surface area contributed by atoms with Gasteiger partial charge in [-0.05, 0) is 30.9 Å². The predicted molar refractivity (Wildman–Crippen MR) is 72.1 cm³/mol. The molecular weight excluding hydrogens is 228 g/mol. The smallest absolute Gasteiger partial charge is 0.237 e. The Morgan fingerprint density at radius 3 is 2.67 bits per heavy atom. The van der Waals surface area contributed by atoms with E-state index in [1.54, 1.807) is 6.26 Å². The Kier molecular flexibility index (Phi) is 4.96. The fourth-order valence-corrected chi connectivity index (χ4v) is 1.61. The Labute approximate surface area is 109 Å². The molecule has 18 heavy (non-hydrogen) atoms. The summed E-state index contributed by atoms with van der Waals surface area (Å²) in [5, 5.41) is 2.94. The number of rotatable bonds is 5. The fraction of sp³-hybridized carbons (Fsp3) is 0.643. The van der Waals surface area contributed by atoms with Crippen LogP contribution in [-0.4, -0.2) is 18.0 Å². The molecule has 0 aliphatic heterocycles. The Bertz CT molecular complexity index is 366. The Morgan fingerprint density at radius 2 is 2.17 bits per heavy atom. The van der Waals surface area contributed by atoms with E-state index in [4.69, 9.17) is 10.2 Å². The van der Waals surface area contributed by atoms with Crippen LogP contribution in [0.2, 0.25) is 0 Å². The number of carbonyl (C=O) groups is 1. The quantitative estimate of drug-likeness (QED) is 0.843. The topological polar surface area (TPSA) is 68.3 Å². The largest absolute Gasteiger partial charge is 0.469 e. The number of nitrogens with two attached hydrogens (primary N) is 1. The van der Waals surface area contributed by atoms with E-state index in [0.717, 1.165) is 18.6 Å². The monoisotopic (exact) mass is 252 g/mol. The molecule has 102 valence electrons. The van der Waals surface area contributed by atoms with Crippen LogP contribution in [0.5, 0.6) is 0 Å². The van der Waals surface area contributed by atoms with Crippen LogP contribution in [0.15, 0.2) is 22.8 Å². The van der Waals surface area contributed by atoms with Crippen LogP contribution in [-0.2, 0) is 11.2 Å². The first kappa shape index (κ1) is 14.8. The highest BCUT2D eigenvalue weighted by molar-refractivity contribution is 5.82. The van der Waals surface area contributed by atoms with Gasteiger partial charge in [0.05, 0.1) is 12.3 Å². The van der Waals surface area contributed by atoms with E-state index in [9.17, 15) is 4.79 Å². The first-order chi connectivity index (χ1) is 8.30. The molecule has 4 heteroatoms. The summed E-state index contributed by atoms with van der Waals surface area (Å²) in [6, 6.07) is 3.42. The van der Waals surface area contributed by atoms with Crippen molar-refractivity contribution in [1.29, 1.82) is 0 Å². The lowest BCUT2D eigenvalue weighted by atomic mass is 9.87. The molecule has 3 N–H and O–H groups in total. The van der Waals surface area contributed by atoms with Crippen LogP contribution in [0.1, 0.15) is 39.9 Å². The highest BCUT2D eigenvalue weighted by atomic mass is 16.3. The van der Waals surface area contributed by atoms with E-state index < -0.39 is 6.04 Å². The van der Waals surface area contributed by atoms with Crippen molar-refractivity contribution in [1.82, 2.24) is 5.32 Å². The van der Waals surface area contributed by atoms with Gasteiger partial charge in [-0.15, -0.1) is 0 Å². The Morgan fingerprint density at radius 1 is 1.50 bits per heavy atom. The second kappa shape index (κ2) is 6.05. The molecule has 0 radical (unpaired) electrons. The van der Waals surface area contributed by atoms with Crippen LogP contribution in [0.4, 0.5) is 0 Å². The molecule has 1 rings (SSSR count). The summed E-state index contributed by atoms with van der Waals surface area (Å²) in [5.41, 5.74) is 5.69. The standard InChI is InChI=1S/C14H24N2O2/c1-10(7-8-11-6-5-9-18-11)16-13(17)12(15)14(2,3)4/h5-6,9-10,12H,7-8,15H2,1-4H3,(H,16,17). The van der Waals surface area contributed by atoms with E-state index in [0.29, 0.717) is 0 Å². The van der Waals surface area contributed by atoms with E-state index >= 15 is 0 Å². The SMILES string of the molecule is CC(CCc1ccco1)NC(=O)C(N)C(C)(C)C. The number of furan rings is 1. The molecule has 1 aromatic heterocycles. The summed E-state index contributed by atoms with van der Waals surface area (Å²) >= 11 is 0. The number of hydrogen-bond donors (Lipinski definition) is 2. The maximum Gasteiger partial charge on any atom is 0.237 e. The first-order valence-corrected chi connectivity index (χ1v) is 6.39. The van der Waals surface area contributed by atoms with E-state index in [1.807, 2.05) is 39.8 Å². The zero-order valence-electron chi connectivity index (χ0n) is 11.7. The molecule has 1 amide bonds. The summed E-state index contributed by atoms with van der Waals surface area (Å²) in [7, 11) is 0. The van der Waals surface area contributed by atoms with Gasteiger partial charge < -0.3 is 15.5 Å². The van der Waals surface area contributed by atoms with Crippen LogP contribution >= 0.6 is 0 Å². The van der Waals surface area contributed by atoms with Gasteiger partial charge in [0.2, 0.25) is 5.91 Å². The third kappa shape index (κ3) is 4.53. The summed E-state index contributed by atoms with van der Waals surface area (Å²) in [4.78, 5) is 11.9. The first-order valence-electron chi connectivity index (χ1n) is 6.39. The third-order valence-corrected chi connectivity index (χ3v) is 3.01. The maximum absolute atomic E-state index is 11.9. The Hall–Kier alpha value is -1.29. The minimum atomic E-state index is -0.483. The average molecular weight is 252 g/mol. The van der Waals surface area contributed by atoms with E-state index in [2.05, 4.69) is 5.32 Å². The summed E-state index contributed by atoms with van der Waals surface area (Å²) in [5.74, 6) is 0.852. The van der Waals surface area contributed by atoms with Crippen molar-refractivity contribution in [2.45, 2.75) is 52.6 Å². The zero-order valence-corrected chi connectivity index (χ0v) is 11.7. The zero-order chi connectivity index (χ0) is 13.8. The highest BCUT2D eigenvalue weighted by Gasteiger charge is 2.27. The minimum Gasteiger partial charge on any atom is -0.469 e. The van der Waals surface area contributed by atoms with Gasteiger partial charge in [0.15, 0.2) is 0 Å². The maximum atomic E-state index is 11.9. The second-order valence-corrected chi connectivity index (χ2v) is 5.87. The number of amides is 1. The minimum absolute atomic E-state index is 0.0885. The molecule has 0 aromatic carbocycles. The Balaban J connectivity index is 2.36. The number of hydrogen-bond acceptors (Lipinski definition) is 3. The van der Waals surface area contributed by atoms with Crippen LogP contribution in [0.3, 0.4) is 0 Å². The van der Waals surface area contributed by atoms with Crippen molar-refractivity contribution in [3.8, 4) is 0 Å². The van der Waals surface area contributed by atoms with Crippen molar-refractivity contribution < 1.29 is 9.21 Å². The molecule has 1 heterocycles.